The third-order valence-corrected chi connectivity index (χ3v) is 6.18. The molecule has 1 heterocycles. The lowest BCUT2D eigenvalue weighted by Crippen LogP contribution is -2.41. The lowest BCUT2D eigenvalue weighted by Gasteiger charge is -2.45. The molecule has 0 bridgehead atoms. The topological polar surface area (TPSA) is 3.24 Å². The summed E-state index contributed by atoms with van der Waals surface area (Å²) in [6.45, 7) is 2.34. The summed E-state index contributed by atoms with van der Waals surface area (Å²) in [5.74, 6) is 0. The van der Waals surface area contributed by atoms with Crippen molar-refractivity contribution < 1.29 is 0 Å². The minimum atomic E-state index is 0.657. The van der Waals surface area contributed by atoms with Gasteiger partial charge in [-0.05, 0) is 42.7 Å². The van der Waals surface area contributed by atoms with Crippen LogP contribution in [0.2, 0.25) is 5.02 Å². The second kappa shape index (κ2) is 6.27. The monoisotopic (exact) mass is 355 g/mol. The fourth-order valence-electron chi connectivity index (χ4n) is 4.03. The Morgan fingerprint density at radius 2 is 1.75 bits per heavy atom. The highest BCUT2D eigenvalue weighted by Crippen LogP contribution is 2.46. The summed E-state index contributed by atoms with van der Waals surface area (Å²) >= 11 is 10.1. The molecule has 1 saturated carbocycles. The van der Waals surface area contributed by atoms with Crippen molar-refractivity contribution in [3.05, 3.63) is 28.8 Å². The Balaban J connectivity index is 1.75. The van der Waals surface area contributed by atoms with Crippen molar-refractivity contribution >= 4 is 33.2 Å². The van der Waals surface area contributed by atoms with Gasteiger partial charge in [0, 0.05) is 18.4 Å². The van der Waals surface area contributed by atoms with E-state index in [0.29, 0.717) is 5.41 Å². The second-order valence-corrected chi connectivity index (χ2v) is 7.40. The summed E-state index contributed by atoms with van der Waals surface area (Å²) in [4.78, 5) is 2.51. The van der Waals surface area contributed by atoms with Crippen molar-refractivity contribution in [1.29, 1.82) is 0 Å². The quantitative estimate of drug-likeness (QED) is 0.607. The minimum Gasteiger partial charge on any atom is -0.370 e. The highest BCUT2D eigenvalue weighted by molar-refractivity contribution is 9.08. The van der Waals surface area contributed by atoms with E-state index in [1.807, 2.05) is 6.07 Å². The molecule has 0 unspecified atom stereocenters. The van der Waals surface area contributed by atoms with Gasteiger partial charge in [0.25, 0.3) is 0 Å². The van der Waals surface area contributed by atoms with E-state index in [1.54, 1.807) is 0 Å². The zero-order chi connectivity index (χ0) is 14.0. The van der Waals surface area contributed by atoms with Crippen molar-refractivity contribution in [2.24, 2.45) is 5.41 Å². The molecule has 1 nitrogen and oxygen atoms in total. The van der Waals surface area contributed by atoms with Crippen LogP contribution in [0.25, 0.3) is 0 Å². The highest BCUT2D eigenvalue weighted by Gasteiger charge is 2.36. The number of hydrogen-bond donors (Lipinski definition) is 0. The zero-order valence-electron chi connectivity index (χ0n) is 12.0. The average Bonchev–Trinajstić information content (AvgIpc) is 2.49. The summed E-state index contributed by atoms with van der Waals surface area (Å²) < 4.78 is 0. The van der Waals surface area contributed by atoms with E-state index in [-0.39, 0.29) is 0 Å². The van der Waals surface area contributed by atoms with Crippen LogP contribution in [0, 0.1) is 5.41 Å². The Morgan fingerprint density at radius 1 is 1.05 bits per heavy atom. The number of anilines is 1. The van der Waals surface area contributed by atoms with Gasteiger partial charge in [-0.15, -0.1) is 0 Å². The molecule has 20 heavy (non-hydrogen) atoms. The van der Waals surface area contributed by atoms with Gasteiger partial charge in [0.2, 0.25) is 0 Å². The first-order valence-corrected chi connectivity index (χ1v) is 9.32. The van der Waals surface area contributed by atoms with Crippen LogP contribution in [-0.4, -0.2) is 13.1 Å². The van der Waals surface area contributed by atoms with Gasteiger partial charge in [-0.25, -0.2) is 0 Å². The third-order valence-electron chi connectivity index (χ3n) is 5.27. The smallest absolute Gasteiger partial charge is 0.0642 e. The summed E-state index contributed by atoms with van der Waals surface area (Å²) in [7, 11) is 0. The molecule has 3 heteroatoms. The molecule has 1 aromatic carbocycles. The maximum absolute atomic E-state index is 6.46. The first-order valence-electron chi connectivity index (χ1n) is 7.82. The standard InChI is InChI=1S/C17H23BrClN/c18-13-14-5-4-6-15(19)16(14)20-11-9-17(10-12-20)7-2-1-3-8-17/h4-6H,1-3,7-13H2. The fourth-order valence-corrected chi connectivity index (χ4v) is 4.79. The molecule has 2 fully saturated rings. The van der Waals surface area contributed by atoms with Gasteiger partial charge in [-0.2, -0.15) is 0 Å². The molecular formula is C17H23BrClN. The molecule has 0 aromatic heterocycles. The second-order valence-electron chi connectivity index (χ2n) is 6.43. The molecule has 1 aromatic rings. The molecule has 0 N–H and O–H groups in total. The molecule has 0 amide bonds. The van der Waals surface area contributed by atoms with Gasteiger partial charge in [0.05, 0.1) is 10.7 Å². The SMILES string of the molecule is Clc1cccc(CBr)c1N1CCC2(CCCCC2)CC1. The molecule has 1 spiro atoms. The number of nitrogens with zero attached hydrogens (tertiary/aromatic N) is 1. The fraction of sp³-hybridized carbons (Fsp3) is 0.647. The molecule has 1 saturated heterocycles. The van der Waals surface area contributed by atoms with Crippen LogP contribution in [0.15, 0.2) is 18.2 Å². The summed E-state index contributed by atoms with van der Waals surface area (Å²) in [5.41, 5.74) is 3.23. The third kappa shape index (κ3) is 2.87. The summed E-state index contributed by atoms with van der Waals surface area (Å²) in [6.07, 6.45) is 9.93. The predicted octanol–water partition coefficient (Wildman–Crippen LogP) is 5.79. The summed E-state index contributed by atoms with van der Waals surface area (Å²) in [5, 5.41) is 1.78. The number of hydrogen-bond acceptors (Lipinski definition) is 1. The van der Waals surface area contributed by atoms with Crippen LogP contribution < -0.4 is 4.90 Å². The normalized spacial score (nSPS) is 22.2. The van der Waals surface area contributed by atoms with E-state index in [1.165, 1.54) is 69.3 Å². The first-order chi connectivity index (χ1) is 9.74. The van der Waals surface area contributed by atoms with E-state index in [0.717, 1.165) is 10.4 Å². The molecular weight excluding hydrogens is 334 g/mol. The molecule has 1 aliphatic heterocycles. The average molecular weight is 357 g/mol. The Morgan fingerprint density at radius 3 is 2.40 bits per heavy atom. The van der Waals surface area contributed by atoms with Crippen LogP contribution >= 0.6 is 27.5 Å². The van der Waals surface area contributed by atoms with Crippen LogP contribution in [0.5, 0.6) is 0 Å². The predicted molar refractivity (Wildman–Crippen MR) is 91.0 cm³/mol. The minimum absolute atomic E-state index is 0.657. The largest absolute Gasteiger partial charge is 0.370 e. The van der Waals surface area contributed by atoms with E-state index in [2.05, 4.69) is 33.0 Å². The zero-order valence-corrected chi connectivity index (χ0v) is 14.3. The lowest BCUT2D eigenvalue weighted by molar-refractivity contribution is 0.144. The number of benzene rings is 1. The van der Waals surface area contributed by atoms with Crippen LogP contribution in [0.3, 0.4) is 0 Å². The molecule has 0 radical (unpaired) electrons. The van der Waals surface area contributed by atoms with Crippen molar-refractivity contribution in [3.8, 4) is 0 Å². The van der Waals surface area contributed by atoms with Crippen molar-refractivity contribution in [3.63, 3.8) is 0 Å². The van der Waals surface area contributed by atoms with Crippen LogP contribution in [-0.2, 0) is 5.33 Å². The molecule has 2 aliphatic rings. The number of para-hydroxylation sites is 1. The Kier molecular flexibility index (Phi) is 4.62. The van der Waals surface area contributed by atoms with E-state index < -0.39 is 0 Å². The lowest BCUT2D eigenvalue weighted by atomic mass is 9.68. The Bertz CT molecular complexity index is 458. The van der Waals surface area contributed by atoms with Gasteiger partial charge < -0.3 is 4.90 Å². The first kappa shape index (κ1) is 14.7. The van der Waals surface area contributed by atoms with Crippen molar-refractivity contribution in [2.45, 2.75) is 50.3 Å². The molecule has 110 valence electrons. The molecule has 1 aliphatic carbocycles. The summed E-state index contributed by atoms with van der Waals surface area (Å²) in [6, 6.07) is 6.25. The van der Waals surface area contributed by atoms with Crippen LogP contribution in [0.4, 0.5) is 5.69 Å². The van der Waals surface area contributed by atoms with Crippen molar-refractivity contribution in [2.75, 3.05) is 18.0 Å². The number of piperidine rings is 1. The van der Waals surface area contributed by atoms with E-state index in [9.17, 15) is 0 Å². The maximum atomic E-state index is 6.46. The Labute approximate surface area is 135 Å². The maximum Gasteiger partial charge on any atom is 0.0642 e. The number of alkyl halides is 1. The molecule has 3 rings (SSSR count). The van der Waals surface area contributed by atoms with E-state index in [4.69, 9.17) is 11.6 Å². The van der Waals surface area contributed by atoms with Gasteiger partial charge in [-0.3, -0.25) is 0 Å². The van der Waals surface area contributed by atoms with Crippen LogP contribution in [0.1, 0.15) is 50.5 Å². The number of rotatable bonds is 2. The molecule has 0 atom stereocenters. The van der Waals surface area contributed by atoms with Gasteiger partial charge in [-0.1, -0.05) is 58.9 Å². The Hall–Kier alpha value is -0.210. The number of halogens is 2. The van der Waals surface area contributed by atoms with E-state index >= 15 is 0 Å². The van der Waals surface area contributed by atoms with Gasteiger partial charge in [0.1, 0.15) is 0 Å². The van der Waals surface area contributed by atoms with Crippen molar-refractivity contribution in [1.82, 2.24) is 0 Å². The highest BCUT2D eigenvalue weighted by atomic mass is 79.9. The van der Waals surface area contributed by atoms with Gasteiger partial charge in [0.15, 0.2) is 0 Å². The van der Waals surface area contributed by atoms with Gasteiger partial charge >= 0.3 is 0 Å².